The maximum Gasteiger partial charge on any atom is 0.433 e. The Labute approximate surface area is 81.8 Å². The maximum absolute atomic E-state index is 12.4. The molecule has 0 spiro atoms. The van der Waals surface area contributed by atoms with E-state index >= 15 is 0 Å². The van der Waals surface area contributed by atoms with Gasteiger partial charge in [-0.25, -0.2) is 4.98 Å². The number of hydrogen-bond acceptors (Lipinski definition) is 3. The summed E-state index contributed by atoms with van der Waals surface area (Å²) >= 11 is 0. The quantitative estimate of drug-likeness (QED) is 0.760. The Morgan fingerprint density at radius 2 is 2.13 bits per heavy atom. The highest BCUT2D eigenvalue weighted by Gasteiger charge is 2.33. The van der Waals surface area contributed by atoms with E-state index in [2.05, 4.69) is 15.2 Å². The van der Waals surface area contributed by atoms with Gasteiger partial charge in [-0.15, -0.1) is 0 Å². The van der Waals surface area contributed by atoms with E-state index in [1.165, 1.54) is 6.20 Å². The summed E-state index contributed by atoms with van der Waals surface area (Å²) < 4.78 is 37.1. The van der Waals surface area contributed by atoms with Crippen molar-refractivity contribution in [3.05, 3.63) is 23.7 Å². The zero-order valence-corrected chi connectivity index (χ0v) is 7.34. The second-order valence-corrected chi connectivity index (χ2v) is 2.94. The number of H-pyrrole nitrogens is 1. The van der Waals surface area contributed by atoms with Crippen molar-refractivity contribution in [3.8, 4) is 0 Å². The lowest BCUT2D eigenvalue weighted by Gasteiger charge is -2.07. The molecule has 0 saturated carbocycles. The third-order valence-corrected chi connectivity index (χ3v) is 1.95. The largest absolute Gasteiger partial charge is 0.433 e. The van der Waals surface area contributed by atoms with E-state index in [0.717, 1.165) is 6.07 Å². The van der Waals surface area contributed by atoms with Gasteiger partial charge in [0.15, 0.2) is 0 Å². The third-order valence-electron chi connectivity index (χ3n) is 1.95. The highest BCUT2D eigenvalue weighted by molar-refractivity contribution is 5.80. The molecule has 15 heavy (non-hydrogen) atoms. The average molecular weight is 217 g/mol. The van der Waals surface area contributed by atoms with Crippen LogP contribution in [-0.2, 0) is 12.8 Å². The zero-order valence-electron chi connectivity index (χ0n) is 7.34. The van der Waals surface area contributed by atoms with E-state index in [9.17, 15) is 13.2 Å². The molecule has 80 valence electrons. The van der Waals surface area contributed by atoms with Crippen molar-refractivity contribution in [2.24, 2.45) is 0 Å². The molecule has 0 aliphatic rings. The highest BCUT2D eigenvalue weighted by Crippen LogP contribution is 2.30. The Hall–Kier alpha value is -1.63. The molecule has 0 amide bonds. The fourth-order valence-corrected chi connectivity index (χ4v) is 1.28. The molecule has 0 fully saturated rings. The van der Waals surface area contributed by atoms with E-state index in [1.807, 2.05) is 0 Å². The molecule has 2 heterocycles. The van der Waals surface area contributed by atoms with Crippen molar-refractivity contribution in [1.82, 2.24) is 15.2 Å². The molecule has 0 bridgehead atoms. The molecular formula is C8H6F3N3O. The van der Waals surface area contributed by atoms with Crippen LogP contribution in [0.3, 0.4) is 0 Å². The zero-order chi connectivity index (χ0) is 11.1. The number of alkyl halides is 3. The fraction of sp³-hybridized carbons (Fsp3) is 0.250. The number of nitrogens with zero attached hydrogens (tertiary/aromatic N) is 2. The molecule has 7 heteroatoms. The van der Waals surface area contributed by atoms with E-state index in [4.69, 9.17) is 5.11 Å². The van der Waals surface area contributed by atoms with Crippen LogP contribution in [0, 0.1) is 0 Å². The molecule has 2 N–H and O–H groups in total. The van der Waals surface area contributed by atoms with Crippen LogP contribution < -0.4 is 0 Å². The number of aromatic nitrogens is 3. The minimum absolute atomic E-state index is 0.0580. The standard InChI is InChI=1S/C8H6F3N3O/c9-8(10,11)6-1-4-2-12-14-7(4)5(3-15)13-6/h1-2,15H,3H2,(H,12,14). The molecule has 2 aromatic heterocycles. The summed E-state index contributed by atoms with van der Waals surface area (Å²) in [4.78, 5) is 3.32. The van der Waals surface area contributed by atoms with Gasteiger partial charge in [-0.05, 0) is 6.07 Å². The Morgan fingerprint density at radius 1 is 1.40 bits per heavy atom. The number of hydrogen-bond donors (Lipinski definition) is 2. The molecule has 2 rings (SSSR count). The lowest BCUT2D eigenvalue weighted by atomic mass is 10.2. The van der Waals surface area contributed by atoms with Gasteiger partial charge in [0.2, 0.25) is 0 Å². The second kappa shape index (κ2) is 3.20. The van der Waals surface area contributed by atoms with Gasteiger partial charge in [0, 0.05) is 5.39 Å². The van der Waals surface area contributed by atoms with E-state index < -0.39 is 18.5 Å². The van der Waals surface area contributed by atoms with Crippen LogP contribution in [0.4, 0.5) is 13.2 Å². The molecule has 0 atom stereocenters. The molecule has 2 aromatic rings. The molecule has 0 aromatic carbocycles. The normalized spacial score (nSPS) is 12.3. The summed E-state index contributed by atoms with van der Waals surface area (Å²) in [5.74, 6) is 0. The van der Waals surface area contributed by atoms with E-state index in [-0.39, 0.29) is 11.1 Å². The van der Waals surface area contributed by atoms with Gasteiger partial charge in [-0.1, -0.05) is 0 Å². The summed E-state index contributed by atoms with van der Waals surface area (Å²) in [6.45, 7) is -0.567. The average Bonchev–Trinajstić information content (AvgIpc) is 2.62. The van der Waals surface area contributed by atoms with Gasteiger partial charge < -0.3 is 5.11 Å². The van der Waals surface area contributed by atoms with E-state index in [0.29, 0.717) is 5.52 Å². The van der Waals surface area contributed by atoms with Crippen LogP contribution in [0.5, 0.6) is 0 Å². The fourth-order valence-electron chi connectivity index (χ4n) is 1.28. The number of aliphatic hydroxyl groups is 1. The predicted molar refractivity (Wildman–Crippen MR) is 44.8 cm³/mol. The number of fused-ring (bicyclic) bond motifs is 1. The maximum atomic E-state index is 12.4. The van der Waals surface area contributed by atoms with Crippen molar-refractivity contribution in [3.63, 3.8) is 0 Å². The van der Waals surface area contributed by atoms with Gasteiger partial charge in [0.05, 0.1) is 24.0 Å². The Morgan fingerprint density at radius 3 is 2.73 bits per heavy atom. The minimum Gasteiger partial charge on any atom is -0.390 e. The van der Waals surface area contributed by atoms with Gasteiger partial charge in [0.1, 0.15) is 5.69 Å². The second-order valence-electron chi connectivity index (χ2n) is 2.94. The number of halogens is 3. The van der Waals surface area contributed by atoms with Crippen LogP contribution in [0.1, 0.15) is 11.4 Å². The minimum atomic E-state index is -4.52. The number of pyridine rings is 1. The van der Waals surface area contributed by atoms with Crippen LogP contribution in [0.15, 0.2) is 12.3 Å². The monoisotopic (exact) mass is 217 g/mol. The summed E-state index contributed by atoms with van der Waals surface area (Å²) in [5.41, 5.74) is -0.761. The lowest BCUT2D eigenvalue weighted by Crippen LogP contribution is -2.09. The molecule has 0 unspecified atom stereocenters. The smallest absolute Gasteiger partial charge is 0.390 e. The number of rotatable bonds is 1. The summed E-state index contributed by atoms with van der Waals surface area (Å²) in [6.07, 6.45) is -3.26. The first-order chi connectivity index (χ1) is 7.02. The Balaban J connectivity index is 2.69. The first kappa shape index (κ1) is 9.91. The molecule has 0 radical (unpaired) electrons. The van der Waals surface area contributed by atoms with Crippen molar-refractivity contribution in [1.29, 1.82) is 0 Å². The third kappa shape index (κ3) is 1.65. The number of nitrogens with one attached hydrogen (secondary N) is 1. The van der Waals surface area contributed by atoms with Crippen molar-refractivity contribution in [2.45, 2.75) is 12.8 Å². The highest BCUT2D eigenvalue weighted by atomic mass is 19.4. The van der Waals surface area contributed by atoms with E-state index in [1.54, 1.807) is 0 Å². The number of aromatic amines is 1. The number of aliphatic hydroxyl groups excluding tert-OH is 1. The summed E-state index contributed by atoms with van der Waals surface area (Å²) in [5, 5.41) is 15.2. The van der Waals surface area contributed by atoms with Gasteiger partial charge in [-0.3, -0.25) is 5.10 Å². The topological polar surface area (TPSA) is 61.8 Å². The first-order valence-corrected chi connectivity index (χ1v) is 4.03. The lowest BCUT2D eigenvalue weighted by molar-refractivity contribution is -0.141. The molecular weight excluding hydrogens is 211 g/mol. The van der Waals surface area contributed by atoms with Crippen LogP contribution in [0.2, 0.25) is 0 Å². The van der Waals surface area contributed by atoms with Gasteiger partial charge in [0.25, 0.3) is 0 Å². The SMILES string of the molecule is OCc1nc(C(F)(F)F)cc2cn[nH]c12. The Bertz CT molecular complexity index is 491. The van der Waals surface area contributed by atoms with Crippen LogP contribution in [0.25, 0.3) is 10.9 Å². The predicted octanol–water partition coefficient (Wildman–Crippen LogP) is 1.47. The Kier molecular flexibility index (Phi) is 2.11. The van der Waals surface area contributed by atoms with Gasteiger partial charge in [-0.2, -0.15) is 18.3 Å². The molecule has 0 aliphatic heterocycles. The van der Waals surface area contributed by atoms with Crippen LogP contribution >= 0.6 is 0 Å². The van der Waals surface area contributed by atoms with Crippen molar-refractivity contribution >= 4 is 10.9 Å². The summed E-state index contributed by atoms with van der Waals surface area (Å²) in [7, 11) is 0. The van der Waals surface area contributed by atoms with Crippen molar-refractivity contribution < 1.29 is 18.3 Å². The first-order valence-electron chi connectivity index (χ1n) is 4.03. The van der Waals surface area contributed by atoms with Crippen molar-refractivity contribution in [2.75, 3.05) is 0 Å². The van der Waals surface area contributed by atoms with Gasteiger partial charge >= 0.3 is 6.18 Å². The summed E-state index contributed by atoms with van der Waals surface area (Å²) in [6, 6.07) is 0.887. The molecule has 0 aliphatic carbocycles. The molecule has 4 nitrogen and oxygen atoms in total. The molecule has 0 saturated heterocycles. The van der Waals surface area contributed by atoms with Crippen LogP contribution in [-0.4, -0.2) is 20.3 Å².